The van der Waals surface area contributed by atoms with Crippen molar-refractivity contribution in [1.82, 2.24) is 9.80 Å². The molecule has 2 aliphatic heterocycles. The number of carbonyl (C=O) groups excluding carboxylic acids is 1. The molecule has 2 saturated heterocycles. The number of carbonyl (C=O) groups is 1. The minimum atomic E-state index is 0.0428. The van der Waals surface area contributed by atoms with Crippen molar-refractivity contribution in [3.8, 4) is 0 Å². The number of fused-ring (bicyclic) bond motifs is 1. The lowest BCUT2D eigenvalue weighted by Crippen LogP contribution is -2.58. The van der Waals surface area contributed by atoms with Gasteiger partial charge in [0.1, 0.15) is 0 Å². The van der Waals surface area contributed by atoms with Gasteiger partial charge in [-0.15, -0.1) is 0 Å². The Morgan fingerprint density at radius 3 is 2.76 bits per heavy atom. The zero-order chi connectivity index (χ0) is 15.4. The van der Waals surface area contributed by atoms with E-state index >= 15 is 0 Å². The molecule has 0 aromatic rings. The lowest BCUT2D eigenvalue weighted by Gasteiger charge is -2.41. The van der Waals surface area contributed by atoms with Crippen molar-refractivity contribution in [3.63, 3.8) is 0 Å². The predicted octanol–water partition coefficient (Wildman–Crippen LogP) is 3.37. The zero-order valence-corrected chi connectivity index (χ0v) is 14.1. The SMILES string of the molecule is CC(C)=CCCC(C)=CCN1C[C@H]2CCCN2C(=O)[C@@H]1C. The van der Waals surface area contributed by atoms with Crippen LogP contribution in [0.5, 0.6) is 0 Å². The van der Waals surface area contributed by atoms with E-state index in [0.717, 1.165) is 32.5 Å². The Bertz CT molecular complexity index is 434. The topological polar surface area (TPSA) is 23.6 Å². The number of rotatable bonds is 5. The summed E-state index contributed by atoms with van der Waals surface area (Å²) in [4.78, 5) is 16.8. The molecule has 21 heavy (non-hydrogen) atoms. The minimum absolute atomic E-state index is 0.0428. The highest BCUT2D eigenvalue weighted by atomic mass is 16.2. The fourth-order valence-corrected chi connectivity index (χ4v) is 3.34. The third kappa shape index (κ3) is 4.19. The van der Waals surface area contributed by atoms with Crippen molar-refractivity contribution >= 4 is 5.91 Å². The van der Waals surface area contributed by atoms with E-state index in [4.69, 9.17) is 0 Å². The van der Waals surface area contributed by atoms with Gasteiger partial charge in [0.2, 0.25) is 5.91 Å². The summed E-state index contributed by atoms with van der Waals surface area (Å²) in [5.41, 5.74) is 2.82. The first kappa shape index (κ1) is 16.3. The number of hydrogen-bond donors (Lipinski definition) is 0. The number of nitrogens with zero attached hydrogens (tertiary/aromatic N) is 2. The van der Waals surface area contributed by atoms with Crippen molar-refractivity contribution in [1.29, 1.82) is 0 Å². The van der Waals surface area contributed by atoms with E-state index in [2.05, 4.69) is 49.6 Å². The predicted molar refractivity (Wildman–Crippen MR) is 88.2 cm³/mol. The second kappa shape index (κ2) is 7.26. The lowest BCUT2D eigenvalue weighted by molar-refractivity contribution is -0.142. The first-order chi connectivity index (χ1) is 9.99. The van der Waals surface area contributed by atoms with Crippen molar-refractivity contribution in [2.45, 2.75) is 65.5 Å². The Labute approximate surface area is 129 Å². The molecule has 0 spiro atoms. The largest absolute Gasteiger partial charge is 0.337 e. The molecule has 118 valence electrons. The van der Waals surface area contributed by atoms with Gasteiger partial charge in [-0.2, -0.15) is 0 Å². The van der Waals surface area contributed by atoms with Crippen LogP contribution in [0.1, 0.15) is 53.4 Å². The summed E-state index contributed by atoms with van der Waals surface area (Å²) in [7, 11) is 0. The minimum Gasteiger partial charge on any atom is -0.337 e. The molecule has 0 aliphatic carbocycles. The molecule has 2 rings (SSSR count). The molecule has 0 unspecified atom stereocenters. The molecule has 2 aliphatic rings. The van der Waals surface area contributed by atoms with Crippen LogP contribution in [-0.4, -0.2) is 47.4 Å². The Hall–Kier alpha value is -1.09. The Morgan fingerprint density at radius 1 is 1.29 bits per heavy atom. The second-order valence-corrected chi connectivity index (χ2v) is 6.83. The van der Waals surface area contributed by atoms with Crippen LogP contribution >= 0.6 is 0 Å². The van der Waals surface area contributed by atoms with Gasteiger partial charge in [0.25, 0.3) is 0 Å². The highest BCUT2D eigenvalue weighted by molar-refractivity contribution is 5.83. The van der Waals surface area contributed by atoms with Crippen LogP contribution in [0.2, 0.25) is 0 Å². The van der Waals surface area contributed by atoms with Crippen molar-refractivity contribution in [2.24, 2.45) is 0 Å². The first-order valence-corrected chi connectivity index (χ1v) is 8.32. The Kier molecular flexibility index (Phi) is 5.63. The number of piperazine rings is 1. The van der Waals surface area contributed by atoms with Gasteiger partial charge in [0.05, 0.1) is 6.04 Å². The van der Waals surface area contributed by atoms with E-state index in [1.54, 1.807) is 0 Å². The van der Waals surface area contributed by atoms with Crippen molar-refractivity contribution in [3.05, 3.63) is 23.3 Å². The monoisotopic (exact) mass is 290 g/mol. The van der Waals surface area contributed by atoms with E-state index in [-0.39, 0.29) is 6.04 Å². The molecular weight excluding hydrogens is 260 g/mol. The summed E-state index contributed by atoms with van der Waals surface area (Å²) in [5.74, 6) is 0.333. The molecular formula is C18H30N2O. The molecule has 2 fully saturated rings. The zero-order valence-electron chi connectivity index (χ0n) is 14.1. The first-order valence-electron chi connectivity index (χ1n) is 8.32. The van der Waals surface area contributed by atoms with Gasteiger partial charge >= 0.3 is 0 Å². The van der Waals surface area contributed by atoms with Gasteiger partial charge < -0.3 is 4.90 Å². The van der Waals surface area contributed by atoms with Crippen LogP contribution in [0.3, 0.4) is 0 Å². The van der Waals surface area contributed by atoms with Crippen LogP contribution in [0.4, 0.5) is 0 Å². The van der Waals surface area contributed by atoms with Gasteiger partial charge in [0, 0.05) is 25.7 Å². The third-order valence-electron chi connectivity index (χ3n) is 4.78. The third-order valence-corrected chi connectivity index (χ3v) is 4.78. The smallest absolute Gasteiger partial charge is 0.239 e. The van der Waals surface area contributed by atoms with Crippen LogP contribution < -0.4 is 0 Å². The quantitative estimate of drug-likeness (QED) is 0.725. The summed E-state index contributed by atoms with van der Waals surface area (Å²) in [6.45, 7) is 11.5. The average molecular weight is 290 g/mol. The molecule has 0 bridgehead atoms. The summed E-state index contributed by atoms with van der Waals surface area (Å²) >= 11 is 0. The molecule has 3 heteroatoms. The summed E-state index contributed by atoms with van der Waals surface area (Å²) in [6, 6.07) is 0.509. The summed E-state index contributed by atoms with van der Waals surface area (Å²) in [5, 5.41) is 0. The molecule has 3 nitrogen and oxygen atoms in total. The van der Waals surface area contributed by atoms with Crippen molar-refractivity contribution < 1.29 is 4.79 Å². The van der Waals surface area contributed by atoms with Crippen LogP contribution in [-0.2, 0) is 4.79 Å². The summed E-state index contributed by atoms with van der Waals surface area (Å²) < 4.78 is 0. The van der Waals surface area contributed by atoms with E-state index in [1.165, 1.54) is 24.0 Å². The molecule has 0 aromatic carbocycles. The van der Waals surface area contributed by atoms with Gasteiger partial charge in [-0.3, -0.25) is 9.69 Å². The number of hydrogen-bond acceptors (Lipinski definition) is 2. The molecule has 1 amide bonds. The maximum atomic E-state index is 12.4. The second-order valence-electron chi connectivity index (χ2n) is 6.83. The summed E-state index contributed by atoms with van der Waals surface area (Å²) in [6.07, 6.45) is 9.20. The maximum absolute atomic E-state index is 12.4. The average Bonchev–Trinajstić information content (AvgIpc) is 2.89. The number of amides is 1. The number of allylic oxidation sites excluding steroid dienone is 3. The standard InChI is InChI=1S/C18H30N2O/c1-14(2)7-5-8-15(3)10-12-19-13-17-9-6-11-20(17)18(21)16(19)4/h7,10,16-17H,5-6,8-9,11-13H2,1-4H3/t16-,17+/m0/s1. The van der Waals surface area contributed by atoms with Gasteiger partial charge in [-0.1, -0.05) is 23.3 Å². The van der Waals surface area contributed by atoms with Crippen LogP contribution in [0, 0.1) is 0 Å². The Balaban J connectivity index is 1.87. The fourth-order valence-electron chi connectivity index (χ4n) is 3.34. The maximum Gasteiger partial charge on any atom is 0.239 e. The van der Waals surface area contributed by atoms with Crippen LogP contribution in [0.15, 0.2) is 23.3 Å². The Morgan fingerprint density at radius 2 is 2.05 bits per heavy atom. The normalized spacial score (nSPS) is 27.0. The fraction of sp³-hybridized carbons (Fsp3) is 0.722. The van der Waals surface area contributed by atoms with Crippen LogP contribution in [0.25, 0.3) is 0 Å². The molecule has 0 saturated carbocycles. The molecule has 2 atom stereocenters. The highest BCUT2D eigenvalue weighted by Crippen LogP contribution is 2.25. The van der Waals surface area contributed by atoms with Crippen molar-refractivity contribution in [2.75, 3.05) is 19.6 Å². The van der Waals surface area contributed by atoms with Gasteiger partial charge in [-0.25, -0.2) is 0 Å². The molecule has 0 aromatic heterocycles. The molecule has 0 N–H and O–H groups in total. The molecule has 0 radical (unpaired) electrons. The van der Waals surface area contributed by atoms with Gasteiger partial charge in [0.15, 0.2) is 0 Å². The van der Waals surface area contributed by atoms with E-state index in [0.29, 0.717) is 11.9 Å². The lowest BCUT2D eigenvalue weighted by atomic mass is 10.1. The van der Waals surface area contributed by atoms with E-state index in [1.807, 2.05) is 0 Å². The molecule has 2 heterocycles. The van der Waals surface area contributed by atoms with E-state index in [9.17, 15) is 4.79 Å². The highest BCUT2D eigenvalue weighted by Gasteiger charge is 2.39. The van der Waals surface area contributed by atoms with E-state index < -0.39 is 0 Å². The van der Waals surface area contributed by atoms with Gasteiger partial charge in [-0.05, 0) is 53.4 Å².